The molecule has 4 heterocycles. The molecule has 0 radical (unpaired) electrons. The molecule has 2 saturated heterocycles. The van der Waals surface area contributed by atoms with Crippen molar-refractivity contribution < 1.29 is 14.3 Å². The molecule has 1 aromatic heterocycles. The second kappa shape index (κ2) is 6.29. The number of anilines is 1. The quantitative estimate of drug-likeness (QED) is 0.879. The van der Waals surface area contributed by atoms with Crippen LogP contribution in [0, 0.1) is 5.92 Å². The maximum Gasteiger partial charge on any atom is 0.322 e. The van der Waals surface area contributed by atoms with Gasteiger partial charge in [-0.15, -0.1) is 0 Å². The van der Waals surface area contributed by atoms with Crippen molar-refractivity contribution in [3.05, 3.63) is 42.2 Å². The van der Waals surface area contributed by atoms with Crippen LogP contribution >= 0.6 is 0 Å². The van der Waals surface area contributed by atoms with Gasteiger partial charge in [-0.1, -0.05) is 18.2 Å². The molecule has 2 fully saturated rings. The van der Waals surface area contributed by atoms with E-state index in [1.165, 1.54) is 0 Å². The molecule has 27 heavy (non-hydrogen) atoms. The molecule has 0 aliphatic carbocycles. The van der Waals surface area contributed by atoms with Gasteiger partial charge in [-0.3, -0.25) is 14.4 Å². The minimum absolute atomic E-state index is 0.0856. The van der Waals surface area contributed by atoms with Gasteiger partial charge in [0.2, 0.25) is 5.91 Å². The highest BCUT2D eigenvalue weighted by molar-refractivity contribution is 5.93. The SMILES string of the molecule is O=C(C1COc2ccccc2C1)N1CC(n2cc(N3CCNC3=O)cn2)C1. The van der Waals surface area contributed by atoms with Crippen LogP contribution in [-0.4, -0.2) is 59.4 Å². The summed E-state index contributed by atoms with van der Waals surface area (Å²) in [4.78, 5) is 28.1. The fourth-order valence-electron chi connectivity index (χ4n) is 3.93. The molecule has 8 nitrogen and oxygen atoms in total. The molecule has 1 unspecified atom stereocenters. The topological polar surface area (TPSA) is 79.7 Å². The van der Waals surface area contributed by atoms with E-state index in [1.54, 1.807) is 11.1 Å². The predicted octanol–water partition coefficient (Wildman–Crippen LogP) is 1.05. The van der Waals surface area contributed by atoms with E-state index in [0.717, 1.165) is 23.4 Å². The molecule has 2 aromatic rings. The molecule has 0 bridgehead atoms. The van der Waals surface area contributed by atoms with Crippen molar-refractivity contribution in [2.45, 2.75) is 12.5 Å². The molecular weight excluding hydrogens is 346 g/mol. The van der Waals surface area contributed by atoms with Crippen molar-refractivity contribution >= 4 is 17.6 Å². The Kier molecular flexibility index (Phi) is 3.77. The Morgan fingerprint density at radius 3 is 2.93 bits per heavy atom. The summed E-state index contributed by atoms with van der Waals surface area (Å²) in [5, 5.41) is 7.17. The van der Waals surface area contributed by atoms with Crippen LogP contribution in [-0.2, 0) is 11.2 Å². The van der Waals surface area contributed by atoms with Gasteiger partial charge in [0, 0.05) is 32.4 Å². The molecule has 3 aliphatic rings. The zero-order valence-electron chi connectivity index (χ0n) is 14.9. The van der Waals surface area contributed by atoms with Crippen LogP contribution in [0.2, 0.25) is 0 Å². The second-order valence-electron chi connectivity index (χ2n) is 7.28. The number of ether oxygens (including phenoxy) is 1. The van der Waals surface area contributed by atoms with Crippen molar-refractivity contribution in [1.82, 2.24) is 20.0 Å². The minimum Gasteiger partial charge on any atom is -0.492 e. The number of fused-ring (bicyclic) bond motifs is 1. The Labute approximate surface area is 156 Å². The van der Waals surface area contributed by atoms with Crippen LogP contribution in [0.5, 0.6) is 5.75 Å². The van der Waals surface area contributed by atoms with E-state index in [4.69, 9.17) is 4.74 Å². The second-order valence-corrected chi connectivity index (χ2v) is 7.28. The summed E-state index contributed by atoms with van der Waals surface area (Å²) in [7, 11) is 0. The Hall–Kier alpha value is -3.03. The fourth-order valence-corrected chi connectivity index (χ4v) is 3.93. The lowest BCUT2D eigenvalue weighted by Gasteiger charge is -2.41. The maximum absolute atomic E-state index is 12.8. The van der Waals surface area contributed by atoms with Gasteiger partial charge in [0.15, 0.2) is 0 Å². The average molecular weight is 367 g/mol. The van der Waals surface area contributed by atoms with E-state index in [2.05, 4.69) is 10.4 Å². The number of aromatic nitrogens is 2. The third kappa shape index (κ3) is 2.81. The number of para-hydroxylation sites is 1. The first-order chi connectivity index (χ1) is 13.2. The number of nitrogens with one attached hydrogen (secondary N) is 1. The molecule has 3 aliphatic heterocycles. The average Bonchev–Trinajstić information content (AvgIpc) is 3.29. The van der Waals surface area contributed by atoms with Crippen molar-refractivity contribution in [2.24, 2.45) is 5.92 Å². The van der Waals surface area contributed by atoms with Gasteiger partial charge in [-0.25, -0.2) is 4.79 Å². The third-order valence-corrected chi connectivity index (χ3v) is 5.53. The molecule has 0 spiro atoms. The van der Waals surface area contributed by atoms with Gasteiger partial charge in [-0.05, 0) is 18.1 Å². The van der Waals surface area contributed by atoms with E-state index in [0.29, 0.717) is 32.8 Å². The van der Waals surface area contributed by atoms with Gasteiger partial charge >= 0.3 is 6.03 Å². The Morgan fingerprint density at radius 1 is 1.26 bits per heavy atom. The minimum atomic E-state index is -0.123. The molecule has 8 heteroatoms. The molecule has 3 amide bonds. The van der Waals surface area contributed by atoms with E-state index in [-0.39, 0.29) is 23.9 Å². The summed E-state index contributed by atoms with van der Waals surface area (Å²) >= 11 is 0. The van der Waals surface area contributed by atoms with Crippen LogP contribution in [0.4, 0.5) is 10.5 Å². The molecule has 1 N–H and O–H groups in total. The highest BCUT2D eigenvalue weighted by atomic mass is 16.5. The summed E-state index contributed by atoms with van der Waals surface area (Å²) in [6.45, 7) is 3.03. The van der Waals surface area contributed by atoms with Gasteiger partial charge in [-0.2, -0.15) is 5.10 Å². The number of likely N-dealkylation sites (tertiary alicyclic amines) is 1. The first-order valence-corrected chi connectivity index (χ1v) is 9.28. The van der Waals surface area contributed by atoms with E-state index < -0.39 is 0 Å². The highest BCUT2D eigenvalue weighted by Crippen LogP contribution is 2.30. The lowest BCUT2D eigenvalue weighted by Crippen LogP contribution is -2.54. The summed E-state index contributed by atoms with van der Waals surface area (Å²) in [5.41, 5.74) is 1.90. The summed E-state index contributed by atoms with van der Waals surface area (Å²) in [6, 6.07) is 7.97. The van der Waals surface area contributed by atoms with Crippen molar-refractivity contribution in [3.63, 3.8) is 0 Å². The van der Waals surface area contributed by atoms with E-state index in [1.807, 2.05) is 40.0 Å². The van der Waals surface area contributed by atoms with Crippen molar-refractivity contribution in [3.8, 4) is 5.75 Å². The van der Waals surface area contributed by atoms with Gasteiger partial charge in [0.05, 0.1) is 23.8 Å². The Morgan fingerprint density at radius 2 is 2.11 bits per heavy atom. The first-order valence-electron chi connectivity index (χ1n) is 9.28. The number of urea groups is 1. The van der Waals surface area contributed by atoms with E-state index >= 15 is 0 Å². The summed E-state index contributed by atoms with van der Waals surface area (Å²) in [6.07, 6.45) is 4.32. The fraction of sp³-hybridized carbons (Fsp3) is 0.421. The largest absolute Gasteiger partial charge is 0.492 e. The van der Waals surface area contributed by atoms with Crippen molar-refractivity contribution in [1.29, 1.82) is 0 Å². The zero-order valence-corrected chi connectivity index (χ0v) is 14.9. The maximum atomic E-state index is 12.8. The zero-order chi connectivity index (χ0) is 18.4. The van der Waals surface area contributed by atoms with Crippen LogP contribution < -0.4 is 15.0 Å². The third-order valence-electron chi connectivity index (χ3n) is 5.53. The number of benzene rings is 1. The number of rotatable bonds is 3. The Balaban J connectivity index is 1.19. The van der Waals surface area contributed by atoms with E-state index in [9.17, 15) is 9.59 Å². The molecular formula is C19H21N5O3. The normalized spacial score (nSPS) is 22.1. The molecule has 0 saturated carbocycles. The number of hydrogen-bond donors (Lipinski definition) is 1. The van der Waals surface area contributed by atoms with Crippen molar-refractivity contribution in [2.75, 3.05) is 37.7 Å². The lowest BCUT2D eigenvalue weighted by atomic mass is 9.94. The number of carbonyl (C=O) groups excluding carboxylic acids is 2. The number of nitrogens with zero attached hydrogens (tertiary/aromatic N) is 4. The molecule has 1 atom stereocenters. The molecule has 1 aromatic carbocycles. The molecule has 140 valence electrons. The highest BCUT2D eigenvalue weighted by Gasteiger charge is 2.37. The van der Waals surface area contributed by atoms with Gasteiger partial charge in [0.1, 0.15) is 12.4 Å². The van der Waals surface area contributed by atoms with Crippen LogP contribution in [0.15, 0.2) is 36.7 Å². The lowest BCUT2D eigenvalue weighted by molar-refractivity contribution is -0.143. The van der Waals surface area contributed by atoms with Crippen LogP contribution in [0.1, 0.15) is 11.6 Å². The predicted molar refractivity (Wildman–Crippen MR) is 97.7 cm³/mol. The number of carbonyl (C=O) groups is 2. The van der Waals surface area contributed by atoms with Gasteiger partial charge < -0.3 is 15.0 Å². The Bertz CT molecular complexity index is 889. The summed E-state index contributed by atoms with van der Waals surface area (Å²) < 4.78 is 7.61. The first kappa shape index (κ1) is 16.2. The van der Waals surface area contributed by atoms with Crippen LogP contribution in [0.3, 0.4) is 0 Å². The number of amides is 3. The smallest absolute Gasteiger partial charge is 0.322 e. The number of hydrogen-bond acceptors (Lipinski definition) is 4. The molecule has 5 rings (SSSR count). The summed E-state index contributed by atoms with van der Waals surface area (Å²) in [5.74, 6) is 0.910. The monoisotopic (exact) mass is 367 g/mol. The standard InChI is InChI=1S/C19H21N5O3/c25-18(14-7-13-3-1-2-4-17(13)27-12-14)22-9-16(10-22)24-11-15(8-21-24)23-6-5-20-19(23)26/h1-4,8,11,14,16H,5-7,9-10,12H2,(H,20,26). The van der Waals surface area contributed by atoms with Gasteiger partial charge in [0.25, 0.3) is 0 Å². The van der Waals surface area contributed by atoms with Crippen LogP contribution in [0.25, 0.3) is 0 Å².